The average Bonchev–Trinajstić information content (AvgIpc) is 2.82. The molecule has 2 atom stereocenters. The van der Waals surface area contributed by atoms with Crippen LogP contribution in [0.2, 0.25) is 0 Å². The number of carboxylic acids is 1. The molecule has 0 bridgehead atoms. The number of hydrogen-bond acceptors (Lipinski definition) is 4. The van der Waals surface area contributed by atoms with E-state index in [2.05, 4.69) is 0 Å². The van der Waals surface area contributed by atoms with Crippen LogP contribution in [0.5, 0.6) is 0 Å². The Kier molecular flexibility index (Phi) is 4.65. The predicted octanol–water partition coefficient (Wildman–Crippen LogP) is 1.17. The van der Waals surface area contributed by atoms with Gasteiger partial charge in [0.1, 0.15) is 0 Å². The van der Waals surface area contributed by atoms with Crippen LogP contribution in [0.15, 0.2) is 29.2 Å². The van der Waals surface area contributed by atoms with Gasteiger partial charge in [0.2, 0.25) is 10.0 Å². The first-order valence-corrected chi connectivity index (χ1v) is 8.11. The van der Waals surface area contributed by atoms with E-state index in [4.69, 9.17) is 9.84 Å². The first-order chi connectivity index (χ1) is 9.86. The van der Waals surface area contributed by atoms with Crippen LogP contribution >= 0.6 is 0 Å². The average molecular weight is 313 g/mol. The quantitative estimate of drug-likeness (QED) is 0.882. The number of sulfonamides is 1. The molecule has 0 saturated carbocycles. The lowest BCUT2D eigenvalue weighted by Gasteiger charge is -2.16. The molecular weight excluding hydrogens is 294 g/mol. The van der Waals surface area contributed by atoms with Crippen molar-refractivity contribution in [3.63, 3.8) is 0 Å². The number of aliphatic carboxylic acids is 1. The topological polar surface area (TPSA) is 83.9 Å². The highest BCUT2D eigenvalue weighted by Gasteiger charge is 2.40. The minimum absolute atomic E-state index is 0.0212. The van der Waals surface area contributed by atoms with Gasteiger partial charge in [-0.2, -0.15) is 4.31 Å². The van der Waals surface area contributed by atoms with Gasteiger partial charge >= 0.3 is 5.97 Å². The van der Waals surface area contributed by atoms with Crippen LogP contribution in [0.25, 0.3) is 0 Å². The summed E-state index contributed by atoms with van der Waals surface area (Å²) in [6, 6.07) is 6.54. The lowest BCUT2D eigenvalue weighted by atomic mass is 9.99. The van der Waals surface area contributed by atoms with Crippen molar-refractivity contribution in [1.29, 1.82) is 0 Å². The fourth-order valence-corrected chi connectivity index (χ4v) is 4.19. The Labute approximate surface area is 124 Å². The maximum Gasteiger partial charge on any atom is 0.308 e. The molecule has 0 radical (unpaired) electrons. The van der Waals surface area contributed by atoms with Gasteiger partial charge in [-0.05, 0) is 23.6 Å². The Morgan fingerprint density at radius 1 is 1.43 bits per heavy atom. The molecule has 21 heavy (non-hydrogen) atoms. The van der Waals surface area contributed by atoms with Gasteiger partial charge in [0.15, 0.2) is 0 Å². The second kappa shape index (κ2) is 6.13. The van der Waals surface area contributed by atoms with E-state index in [9.17, 15) is 13.2 Å². The van der Waals surface area contributed by atoms with E-state index in [1.165, 1.54) is 10.4 Å². The highest BCUT2D eigenvalue weighted by molar-refractivity contribution is 7.89. The third-order valence-corrected chi connectivity index (χ3v) is 5.57. The van der Waals surface area contributed by atoms with Gasteiger partial charge in [-0.25, -0.2) is 8.42 Å². The van der Waals surface area contributed by atoms with E-state index in [-0.39, 0.29) is 23.9 Å². The Morgan fingerprint density at radius 2 is 2.14 bits per heavy atom. The van der Waals surface area contributed by atoms with Crippen LogP contribution in [0.3, 0.4) is 0 Å². The van der Waals surface area contributed by atoms with Crippen molar-refractivity contribution in [3.05, 3.63) is 29.8 Å². The second-order valence-corrected chi connectivity index (χ2v) is 7.26. The summed E-state index contributed by atoms with van der Waals surface area (Å²) in [6.45, 7) is 2.34. The summed E-state index contributed by atoms with van der Waals surface area (Å²) in [5.74, 6) is -1.80. The summed E-state index contributed by atoms with van der Waals surface area (Å²) < 4.78 is 31.4. The highest BCUT2D eigenvalue weighted by atomic mass is 32.2. The van der Waals surface area contributed by atoms with Crippen LogP contribution in [-0.4, -0.2) is 44.0 Å². The minimum atomic E-state index is -3.66. The summed E-state index contributed by atoms with van der Waals surface area (Å²) in [5.41, 5.74) is 0.764. The number of carbonyl (C=O) groups is 1. The lowest BCUT2D eigenvalue weighted by Crippen LogP contribution is -2.30. The smallest absolute Gasteiger partial charge is 0.308 e. The Morgan fingerprint density at radius 3 is 2.71 bits per heavy atom. The van der Waals surface area contributed by atoms with Gasteiger partial charge in [-0.1, -0.05) is 19.1 Å². The molecule has 1 heterocycles. The maximum atomic E-state index is 12.6. The molecule has 0 aromatic heterocycles. The van der Waals surface area contributed by atoms with Gasteiger partial charge in [-0.15, -0.1) is 0 Å². The van der Waals surface area contributed by atoms with Gasteiger partial charge < -0.3 is 9.84 Å². The van der Waals surface area contributed by atoms with Gasteiger partial charge in [0.25, 0.3) is 0 Å². The summed E-state index contributed by atoms with van der Waals surface area (Å²) in [6.07, 6.45) is 0. The Bertz CT molecular complexity index is 628. The van der Waals surface area contributed by atoms with Crippen LogP contribution in [0.4, 0.5) is 0 Å². The van der Waals surface area contributed by atoms with Gasteiger partial charge in [0, 0.05) is 20.2 Å². The molecule has 1 aliphatic heterocycles. The van der Waals surface area contributed by atoms with Crippen molar-refractivity contribution in [2.24, 2.45) is 11.8 Å². The van der Waals surface area contributed by atoms with E-state index in [0.717, 1.165) is 5.56 Å². The van der Waals surface area contributed by atoms with Gasteiger partial charge in [0.05, 0.1) is 17.4 Å². The standard InChI is InChI=1S/C14H19NO5S/c1-10-7-15(8-13(10)14(16)17)21(18,19)12-5-3-4-11(6-12)9-20-2/h3-6,10,13H,7-9H2,1-2H3,(H,16,17)/t10-,13-/m1/s1. The number of nitrogens with zero attached hydrogens (tertiary/aromatic N) is 1. The monoisotopic (exact) mass is 313 g/mol. The zero-order valence-electron chi connectivity index (χ0n) is 12.0. The van der Waals surface area contributed by atoms with Crippen molar-refractivity contribution in [3.8, 4) is 0 Å². The molecule has 1 N–H and O–H groups in total. The first-order valence-electron chi connectivity index (χ1n) is 6.67. The molecule has 116 valence electrons. The molecular formula is C14H19NO5S. The zero-order valence-corrected chi connectivity index (χ0v) is 12.8. The maximum absolute atomic E-state index is 12.6. The molecule has 2 rings (SSSR count). The number of methoxy groups -OCH3 is 1. The third-order valence-electron chi connectivity index (χ3n) is 3.74. The molecule has 1 aromatic rings. The molecule has 1 fully saturated rings. The van der Waals surface area contributed by atoms with E-state index in [1.54, 1.807) is 32.2 Å². The Balaban J connectivity index is 2.27. The fourth-order valence-electron chi connectivity index (χ4n) is 2.55. The number of benzene rings is 1. The van der Waals surface area contributed by atoms with Crippen LogP contribution in [-0.2, 0) is 26.2 Å². The third kappa shape index (κ3) is 3.25. The normalized spacial score (nSPS) is 23.3. The molecule has 0 aliphatic carbocycles. The van der Waals surface area contributed by atoms with Crippen LogP contribution < -0.4 is 0 Å². The molecule has 0 amide bonds. The van der Waals surface area contributed by atoms with Crippen molar-refractivity contribution in [1.82, 2.24) is 4.31 Å². The summed E-state index contributed by atoms with van der Waals surface area (Å²) in [5, 5.41) is 9.11. The SMILES string of the molecule is COCc1cccc(S(=O)(=O)N2C[C@@H](C)[C@H](C(=O)O)C2)c1. The number of ether oxygens (including phenoxy) is 1. The van der Waals surface area contributed by atoms with E-state index in [0.29, 0.717) is 6.61 Å². The molecule has 1 aromatic carbocycles. The summed E-state index contributed by atoms with van der Waals surface area (Å²) in [7, 11) is -2.12. The molecule has 1 saturated heterocycles. The van der Waals surface area contributed by atoms with E-state index in [1.807, 2.05) is 0 Å². The first kappa shape index (κ1) is 15.9. The minimum Gasteiger partial charge on any atom is -0.481 e. The van der Waals surface area contributed by atoms with Crippen molar-refractivity contribution < 1.29 is 23.1 Å². The lowest BCUT2D eigenvalue weighted by molar-refractivity contribution is -0.142. The highest BCUT2D eigenvalue weighted by Crippen LogP contribution is 2.29. The summed E-state index contributed by atoms with van der Waals surface area (Å²) >= 11 is 0. The van der Waals surface area contributed by atoms with Gasteiger partial charge in [-0.3, -0.25) is 4.79 Å². The Hall–Kier alpha value is -1.44. The van der Waals surface area contributed by atoms with Crippen LogP contribution in [0.1, 0.15) is 12.5 Å². The zero-order chi connectivity index (χ0) is 15.6. The predicted molar refractivity (Wildman–Crippen MR) is 76.2 cm³/mol. The molecule has 0 unspecified atom stereocenters. The van der Waals surface area contributed by atoms with E-state index < -0.39 is 21.9 Å². The van der Waals surface area contributed by atoms with Crippen molar-refractivity contribution in [2.75, 3.05) is 20.2 Å². The number of carboxylic acid groups (broad SMARTS) is 1. The second-order valence-electron chi connectivity index (χ2n) is 5.32. The van der Waals surface area contributed by atoms with Crippen molar-refractivity contribution in [2.45, 2.75) is 18.4 Å². The number of hydrogen-bond donors (Lipinski definition) is 1. The molecule has 7 heteroatoms. The molecule has 6 nitrogen and oxygen atoms in total. The fraction of sp³-hybridized carbons (Fsp3) is 0.500. The molecule has 0 spiro atoms. The van der Waals surface area contributed by atoms with E-state index >= 15 is 0 Å². The van der Waals surface area contributed by atoms with Crippen LogP contribution in [0, 0.1) is 11.8 Å². The largest absolute Gasteiger partial charge is 0.481 e. The van der Waals surface area contributed by atoms with Crippen molar-refractivity contribution >= 4 is 16.0 Å². The number of rotatable bonds is 5. The molecule has 1 aliphatic rings. The summed E-state index contributed by atoms with van der Waals surface area (Å²) in [4.78, 5) is 11.3.